The van der Waals surface area contributed by atoms with Gasteiger partial charge in [-0.15, -0.1) is 11.3 Å². The van der Waals surface area contributed by atoms with Gasteiger partial charge in [0.2, 0.25) is 0 Å². The zero-order valence-corrected chi connectivity index (χ0v) is 23.0. The van der Waals surface area contributed by atoms with Crippen molar-refractivity contribution < 1.29 is 4.42 Å². The summed E-state index contributed by atoms with van der Waals surface area (Å²) >= 11 is 1.72. The summed E-state index contributed by atoms with van der Waals surface area (Å²) in [5.74, 6) is 1.82. The molecule has 9 rings (SSSR count). The largest absolute Gasteiger partial charge is 0.455 e. The summed E-state index contributed by atoms with van der Waals surface area (Å²) in [5.41, 5.74) is 4.33. The van der Waals surface area contributed by atoms with Crippen molar-refractivity contribution in [1.29, 1.82) is 0 Å². The fourth-order valence-electron chi connectivity index (χ4n) is 5.88. The molecule has 4 heterocycles. The fraction of sp³-hybridized carbons (Fsp3) is 0. The first-order valence-corrected chi connectivity index (χ1v) is 14.5. The molecule has 0 saturated heterocycles. The van der Waals surface area contributed by atoms with Crippen LogP contribution in [0.25, 0.3) is 87.2 Å². The van der Waals surface area contributed by atoms with Gasteiger partial charge in [0.05, 0.1) is 5.56 Å². The Hall–Kier alpha value is -5.46. The van der Waals surface area contributed by atoms with Crippen molar-refractivity contribution in [2.75, 3.05) is 0 Å². The first kappa shape index (κ1) is 23.3. The molecular formula is C36H20N4OS. The van der Waals surface area contributed by atoms with E-state index in [4.69, 9.17) is 19.4 Å². The number of furan rings is 1. The zero-order chi connectivity index (χ0) is 27.6. The van der Waals surface area contributed by atoms with Gasteiger partial charge in [-0.1, -0.05) is 91.0 Å². The Bertz CT molecular complexity index is 2480. The Morgan fingerprint density at radius 1 is 0.476 bits per heavy atom. The van der Waals surface area contributed by atoms with E-state index in [1.54, 1.807) is 11.3 Å². The van der Waals surface area contributed by atoms with Crippen molar-refractivity contribution >= 4 is 64.4 Å². The normalized spacial score (nSPS) is 11.8. The summed E-state index contributed by atoms with van der Waals surface area (Å²) in [5, 5.41) is 6.76. The molecule has 0 aliphatic carbocycles. The number of hydrogen-bond donors (Lipinski definition) is 0. The highest BCUT2D eigenvalue weighted by molar-refractivity contribution is 7.26. The molecule has 0 atom stereocenters. The highest BCUT2D eigenvalue weighted by Gasteiger charge is 2.19. The number of nitrogens with zero attached hydrogens (tertiary/aromatic N) is 4. The van der Waals surface area contributed by atoms with Crippen LogP contribution in [0.2, 0.25) is 0 Å². The van der Waals surface area contributed by atoms with Crippen molar-refractivity contribution in [3.05, 3.63) is 121 Å². The van der Waals surface area contributed by atoms with Gasteiger partial charge in [0, 0.05) is 49.0 Å². The van der Waals surface area contributed by atoms with Crippen LogP contribution in [-0.2, 0) is 0 Å². The number of thiophene rings is 1. The first-order chi connectivity index (χ1) is 20.8. The van der Waals surface area contributed by atoms with Crippen LogP contribution in [0.15, 0.2) is 126 Å². The smallest absolute Gasteiger partial charge is 0.167 e. The fourth-order valence-corrected chi connectivity index (χ4v) is 7.05. The van der Waals surface area contributed by atoms with Crippen molar-refractivity contribution in [3.63, 3.8) is 0 Å². The number of rotatable bonds is 3. The molecule has 6 heteroatoms. The van der Waals surface area contributed by atoms with Crippen LogP contribution < -0.4 is 0 Å². The lowest BCUT2D eigenvalue weighted by molar-refractivity contribution is 0.669. The second kappa shape index (κ2) is 9.03. The Labute approximate surface area is 243 Å². The minimum Gasteiger partial charge on any atom is -0.455 e. The maximum absolute atomic E-state index is 6.37. The predicted molar refractivity (Wildman–Crippen MR) is 172 cm³/mol. The van der Waals surface area contributed by atoms with E-state index in [1.807, 2.05) is 72.9 Å². The lowest BCUT2D eigenvalue weighted by Crippen LogP contribution is -2.00. The zero-order valence-electron chi connectivity index (χ0n) is 22.2. The molecule has 0 radical (unpaired) electrons. The van der Waals surface area contributed by atoms with Gasteiger partial charge in [0.1, 0.15) is 16.0 Å². The average Bonchev–Trinajstić information content (AvgIpc) is 3.63. The lowest BCUT2D eigenvalue weighted by Gasteiger charge is -2.11. The molecule has 0 N–H and O–H groups in total. The Kier molecular flexibility index (Phi) is 5.00. The molecule has 0 saturated carbocycles. The molecule has 0 amide bonds. The van der Waals surface area contributed by atoms with Crippen molar-refractivity contribution in [2.45, 2.75) is 0 Å². The van der Waals surface area contributed by atoms with E-state index in [9.17, 15) is 0 Å². The summed E-state index contributed by atoms with van der Waals surface area (Å²) in [6.07, 6.45) is 1.85. The molecule has 0 bridgehead atoms. The molecule has 4 aromatic heterocycles. The first-order valence-electron chi connectivity index (χ1n) is 13.7. The van der Waals surface area contributed by atoms with Crippen LogP contribution in [-0.4, -0.2) is 19.9 Å². The summed E-state index contributed by atoms with van der Waals surface area (Å²) in [4.78, 5) is 20.8. The number of fused-ring (bicyclic) bond motifs is 8. The van der Waals surface area contributed by atoms with Crippen LogP contribution in [0.3, 0.4) is 0 Å². The second-order valence-electron chi connectivity index (χ2n) is 10.3. The third-order valence-corrected chi connectivity index (χ3v) is 8.99. The molecular weight excluding hydrogens is 536 g/mol. The number of benzene rings is 5. The van der Waals surface area contributed by atoms with Gasteiger partial charge < -0.3 is 4.42 Å². The number of aromatic nitrogens is 4. The monoisotopic (exact) mass is 556 g/mol. The molecule has 0 fully saturated rings. The summed E-state index contributed by atoms with van der Waals surface area (Å²) in [7, 11) is 0. The Balaban J connectivity index is 1.32. The summed E-state index contributed by atoms with van der Waals surface area (Å²) in [6, 6.07) is 39.2. The minimum absolute atomic E-state index is 0.577. The molecule has 0 aliphatic rings. The molecule has 0 spiro atoms. The third kappa shape index (κ3) is 3.49. The predicted octanol–water partition coefficient (Wildman–Crippen LogP) is 9.69. The third-order valence-electron chi connectivity index (χ3n) is 7.83. The van der Waals surface area contributed by atoms with Gasteiger partial charge in [-0.05, 0) is 29.7 Å². The molecule has 5 nitrogen and oxygen atoms in total. The SMILES string of the molecule is c1ccc(-c2nc(-c3cccc4c3ccc3c5cccnc5sc43)nc(-c3cccc4c3oc3ccccc34)n2)cc1. The van der Waals surface area contributed by atoms with Gasteiger partial charge in [0.25, 0.3) is 0 Å². The van der Waals surface area contributed by atoms with Gasteiger partial charge in [-0.3, -0.25) is 0 Å². The molecule has 42 heavy (non-hydrogen) atoms. The highest BCUT2D eigenvalue weighted by Crippen LogP contribution is 2.40. The summed E-state index contributed by atoms with van der Waals surface area (Å²) in [6.45, 7) is 0. The second-order valence-corrected chi connectivity index (χ2v) is 11.3. The van der Waals surface area contributed by atoms with Crippen molar-refractivity contribution in [2.24, 2.45) is 0 Å². The lowest BCUT2D eigenvalue weighted by atomic mass is 10.0. The van der Waals surface area contributed by atoms with Crippen LogP contribution >= 0.6 is 11.3 Å². The Morgan fingerprint density at radius 3 is 2.05 bits per heavy atom. The highest BCUT2D eigenvalue weighted by atomic mass is 32.1. The molecule has 5 aromatic carbocycles. The summed E-state index contributed by atoms with van der Waals surface area (Å²) < 4.78 is 7.59. The molecule has 0 unspecified atom stereocenters. The standard InChI is InChI=1S/C36H20N4OS/c1-2-9-21(10-3-1)33-38-34(40-35(39-33)29-15-6-12-24-23-11-4-5-17-30(23)41-31(24)29)27-14-7-13-25-22(27)18-19-26-28-16-8-20-37-36(28)42-32(25)26/h1-20H. The van der Waals surface area contributed by atoms with E-state index in [2.05, 4.69) is 53.5 Å². The van der Waals surface area contributed by atoms with Crippen LogP contribution in [0.4, 0.5) is 0 Å². The number of para-hydroxylation sites is 2. The quantitative estimate of drug-likeness (QED) is 0.217. The van der Waals surface area contributed by atoms with Crippen LogP contribution in [0.1, 0.15) is 0 Å². The van der Waals surface area contributed by atoms with Crippen LogP contribution in [0, 0.1) is 0 Å². The molecule has 9 aromatic rings. The van der Waals surface area contributed by atoms with E-state index in [-0.39, 0.29) is 0 Å². The van der Waals surface area contributed by atoms with E-state index in [0.717, 1.165) is 54.2 Å². The minimum atomic E-state index is 0.577. The van der Waals surface area contributed by atoms with E-state index >= 15 is 0 Å². The van der Waals surface area contributed by atoms with E-state index < -0.39 is 0 Å². The number of pyridine rings is 1. The maximum Gasteiger partial charge on any atom is 0.167 e. The van der Waals surface area contributed by atoms with Gasteiger partial charge in [-0.2, -0.15) is 0 Å². The molecule has 196 valence electrons. The van der Waals surface area contributed by atoms with Crippen molar-refractivity contribution in [3.8, 4) is 34.2 Å². The topological polar surface area (TPSA) is 64.7 Å². The van der Waals surface area contributed by atoms with E-state index in [0.29, 0.717) is 17.5 Å². The van der Waals surface area contributed by atoms with Gasteiger partial charge >= 0.3 is 0 Å². The maximum atomic E-state index is 6.37. The van der Waals surface area contributed by atoms with Crippen LogP contribution in [0.5, 0.6) is 0 Å². The van der Waals surface area contributed by atoms with Gasteiger partial charge in [-0.25, -0.2) is 19.9 Å². The van der Waals surface area contributed by atoms with E-state index in [1.165, 1.54) is 15.5 Å². The Morgan fingerprint density at radius 2 is 1.14 bits per heavy atom. The number of hydrogen-bond acceptors (Lipinski definition) is 6. The van der Waals surface area contributed by atoms with Crippen molar-refractivity contribution in [1.82, 2.24) is 19.9 Å². The molecule has 0 aliphatic heterocycles. The average molecular weight is 557 g/mol. The van der Waals surface area contributed by atoms with Gasteiger partial charge in [0.15, 0.2) is 17.5 Å².